The van der Waals surface area contributed by atoms with Crippen LogP contribution in [0.3, 0.4) is 0 Å². The minimum Gasteiger partial charge on any atom is -0.377 e. The molecule has 0 spiro atoms. The first kappa shape index (κ1) is 25.9. The summed E-state index contributed by atoms with van der Waals surface area (Å²) in [6.45, 7) is 5.11. The minimum atomic E-state index is -0.867. The van der Waals surface area contributed by atoms with E-state index in [-0.39, 0.29) is 37.0 Å². The van der Waals surface area contributed by atoms with Crippen molar-refractivity contribution in [2.24, 2.45) is 11.7 Å². The van der Waals surface area contributed by atoms with Crippen LogP contribution in [0.15, 0.2) is 18.2 Å². The fourth-order valence-electron chi connectivity index (χ4n) is 5.30. The Balaban J connectivity index is 1.56. The molecule has 1 unspecified atom stereocenters. The van der Waals surface area contributed by atoms with Crippen LogP contribution in [0.25, 0.3) is 11.0 Å². The Bertz CT molecular complexity index is 1110. The van der Waals surface area contributed by atoms with Gasteiger partial charge in [-0.2, -0.15) is 0 Å². The molecule has 0 radical (unpaired) electrons. The number of hydrogen-bond donors (Lipinski definition) is 3. The number of benzene rings is 1. The summed E-state index contributed by atoms with van der Waals surface area (Å²) in [5.74, 6) is -1.46. The molecule has 1 aromatic carbocycles. The molecule has 0 bridgehead atoms. The normalized spacial score (nSPS) is 22.3. The molecule has 4 rings (SSSR count). The van der Waals surface area contributed by atoms with Crippen LogP contribution >= 0.6 is 0 Å². The van der Waals surface area contributed by atoms with E-state index in [4.69, 9.17) is 10.5 Å². The van der Waals surface area contributed by atoms with E-state index in [1.54, 1.807) is 19.1 Å². The number of ether oxygens (including phenoxy) is 1. The molecule has 4 amide bonds. The Morgan fingerprint density at radius 1 is 1.28 bits per heavy atom. The number of aromatic amines is 1. The second kappa shape index (κ2) is 11.2. The van der Waals surface area contributed by atoms with Gasteiger partial charge in [0, 0.05) is 25.6 Å². The topological polar surface area (TPSA) is 134 Å². The summed E-state index contributed by atoms with van der Waals surface area (Å²) in [5, 5.41) is 2.91. The van der Waals surface area contributed by atoms with Gasteiger partial charge in [0.1, 0.15) is 11.3 Å². The van der Waals surface area contributed by atoms with Crippen LogP contribution in [-0.2, 0) is 14.3 Å². The first-order valence-corrected chi connectivity index (χ1v) is 12.7. The van der Waals surface area contributed by atoms with Crippen molar-refractivity contribution in [3.05, 3.63) is 29.8 Å². The van der Waals surface area contributed by atoms with E-state index < -0.39 is 35.8 Å². The highest BCUT2D eigenvalue weighted by molar-refractivity contribution is 5.87. The van der Waals surface area contributed by atoms with Gasteiger partial charge in [-0.3, -0.25) is 9.59 Å². The summed E-state index contributed by atoms with van der Waals surface area (Å²) >= 11 is 0. The van der Waals surface area contributed by atoms with E-state index in [0.29, 0.717) is 24.5 Å². The van der Waals surface area contributed by atoms with Crippen LogP contribution in [0.2, 0.25) is 0 Å². The van der Waals surface area contributed by atoms with Crippen LogP contribution in [-0.4, -0.2) is 76.0 Å². The van der Waals surface area contributed by atoms with Crippen molar-refractivity contribution >= 4 is 28.9 Å². The van der Waals surface area contributed by atoms with Crippen molar-refractivity contribution in [1.82, 2.24) is 25.1 Å². The fraction of sp³-hybridized carbons (Fsp3) is 0.600. The van der Waals surface area contributed by atoms with Gasteiger partial charge >= 0.3 is 6.03 Å². The Labute approximate surface area is 209 Å². The maximum absolute atomic E-state index is 14.1. The number of halogens is 1. The SMILES string of the molecule is CC[C@H]1CCCCN1C(=O)C[C@H](C(=O)N[C@@H](C)c1nc2c(F)cccc2[nH]1)C1COCCN1C(N)=O. The van der Waals surface area contributed by atoms with Crippen molar-refractivity contribution in [2.45, 2.75) is 64.1 Å². The van der Waals surface area contributed by atoms with Crippen LogP contribution in [0, 0.1) is 11.7 Å². The largest absolute Gasteiger partial charge is 0.377 e. The zero-order valence-electron chi connectivity index (χ0n) is 20.8. The number of aromatic nitrogens is 2. The number of piperidine rings is 1. The number of nitrogens with two attached hydrogens (primary N) is 1. The summed E-state index contributed by atoms with van der Waals surface area (Å²) in [6.07, 6.45) is 3.73. The second-order valence-electron chi connectivity index (χ2n) is 9.62. The molecule has 11 heteroatoms. The average molecular weight is 503 g/mol. The predicted molar refractivity (Wildman–Crippen MR) is 131 cm³/mol. The van der Waals surface area contributed by atoms with Gasteiger partial charge in [0.05, 0.1) is 36.7 Å². The molecule has 4 atom stereocenters. The number of primary amides is 1. The van der Waals surface area contributed by atoms with Gasteiger partial charge in [-0.1, -0.05) is 13.0 Å². The molecule has 2 fully saturated rings. The lowest BCUT2D eigenvalue weighted by Crippen LogP contribution is -2.58. The number of imidazole rings is 1. The number of nitrogens with zero attached hydrogens (tertiary/aromatic N) is 3. The molecule has 2 aromatic rings. The third kappa shape index (κ3) is 5.45. The maximum atomic E-state index is 14.1. The van der Waals surface area contributed by atoms with Gasteiger partial charge < -0.3 is 30.6 Å². The lowest BCUT2D eigenvalue weighted by Gasteiger charge is -2.40. The number of nitrogens with one attached hydrogen (secondary N) is 2. The number of fused-ring (bicyclic) bond motifs is 1. The molecule has 196 valence electrons. The number of urea groups is 1. The Morgan fingerprint density at radius 3 is 2.81 bits per heavy atom. The molecular formula is C25H35FN6O4. The lowest BCUT2D eigenvalue weighted by molar-refractivity contribution is -0.142. The Morgan fingerprint density at radius 2 is 2.08 bits per heavy atom. The first-order valence-electron chi connectivity index (χ1n) is 12.7. The summed E-state index contributed by atoms with van der Waals surface area (Å²) in [7, 11) is 0. The van der Waals surface area contributed by atoms with E-state index in [1.807, 2.05) is 4.90 Å². The van der Waals surface area contributed by atoms with Crippen LogP contribution < -0.4 is 11.1 Å². The molecule has 1 aromatic heterocycles. The van der Waals surface area contributed by atoms with Crippen molar-refractivity contribution in [3.8, 4) is 0 Å². The molecule has 2 aliphatic heterocycles. The van der Waals surface area contributed by atoms with Gasteiger partial charge in [-0.15, -0.1) is 0 Å². The smallest absolute Gasteiger partial charge is 0.315 e. The number of carbonyl (C=O) groups excluding carboxylic acids is 3. The van der Waals surface area contributed by atoms with Gasteiger partial charge in [-0.25, -0.2) is 14.2 Å². The van der Waals surface area contributed by atoms with Crippen LogP contribution in [0.5, 0.6) is 0 Å². The third-order valence-electron chi connectivity index (χ3n) is 7.31. The number of likely N-dealkylation sites (tertiary alicyclic amines) is 1. The van der Waals surface area contributed by atoms with Gasteiger partial charge in [0.25, 0.3) is 0 Å². The monoisotopic (exact) mass is 502 g/mol. The number of H-pyrrole nitrogens is 1. The molecule has 2 saturated heterocycles. The third-order valence-corrected chi connectivity index (χ3v) is 7.31. The van der Waals surface area contributed by atoms with Crippen molar-refractivity contribution < 1.29 is 23.5 Å². The molecule has 3 heterocycles. The van der Waals surface area contributed by atoms with E-state index in [0.717, 1.165) is 25.7 Å². The van der Waals surface area contributed by atoms with Crippen LogP contribution in [0.1, 0.15) is 57.8 Å². The quantitative estimate of drug-likeness (QED) is 0.535. The zero-order valence-corrected chi connectivity index (χ0v) is 20.8. The summed E-state index contributed by atoms with van der Waals surface area (Å²) in [5.41, 5.74) is 6.33. The molecule has 2 aliphatic rings. The molecule has 0 aliphatic carbocycles. The van der Waals surface area contributed by atoms with E-state index in [2.05, 4.69) is 22.2 Å². The summed E-state index contributed by atoms with van der Waals surface area (Å²) in [6, 6.07) is 2.84. The number of hydrogen-bond acceptors (Lipinski definition) is 5. The standard InChI is InChI=1S/C25H35FN6O4/c1-3-16-7-4-5-10-31(16)21(33)13-17(20-14-36-12-11-32(20)25(27)35)24(34)28-15(2)23-29-19-9-6-8-18(26)22(19)30-23/h6,8-9,15-17,20H,3-5,7,10-14H2,1-2H3,(H2,27,35)(H,28,34)(H,29,30)/t15-,16-,17-,20?/m0/s1. The highest BCUT2D eigenvalue weighted by Crippen LogP contribution is 2.26. The van der Waals surface area contributed by atoms with E-state index >= 15 is 0 Å². The number of rotatable bonds is 7. The number of para-hydroxylation sites is 1. The first-order chi connectivity index (χ1) is 17.3. The number of carbonyl (C=O) groups is 3. The fourth-order valence-corrected chi connectivity index (χ4v) is 5.30. The highest BCUT2D eigenvalue weighted by Gasteiger charge is 2.40. The van der Waals surface area contributed by atoms with Crippen LogP contribution in [0.4, 0.5) is 9.18 Å². The number of amides is 4. The molecule has 10 nitrogen and oxygen atoms in total. The zero-order chi connectivity index (χ0) is 25.8. The molecule has 4 N–H and O–H groups in total. The van der Waals surface area contributed by atoms with Crippen molar-refractivity contribution in [2.75, 3.05) is 26.3 Å². The van der Waals surface area contributed by atoms with Crippen molar-refractivity contribution in [3.63, 3.8) is 0 Å². The minimum absolute atomic E-state index is 0.0678. The predicted octanol–water partition coefficient (Wildman–Crippen LogP) is 2.46. The Kier molecular flexibility index (Phi) is 8.07. The van der Waals surface area contributed by atoms with E-state index in [1.165, 1.54) is 11.0 Å². The van der Waals surface area contributed by atoms with Crippen molar-refractivity contribution in [1.29, 1.82) is 0 Å². The summed E-state index contributed by atoms with van der Waals surface area (Å²) in [4.78, 5) is 49.8. The van der Waals surface area contributed by atoms with E-state index in [9.17, 15) is 18.8 Å². The summed E-state index contributed by atoms with van der Waals surface area (Å²) < 4.78 is 19.7. The lowest BCUT2D eigenvalue weighted by atomic mass is 9.91. The van der Waals surface area contributed by atoms with Gasteiger partial charge in [-0.05, 0) is 44.7 Å². The maximum Gasteiger partial charge on any atom is 0.315 e. The van der Waals surface area contributed by atoms with Gasteiger partial charge in [0.15, 0.2) is 5.82 Å². The number of morpholine rings is 1. The molecular weight excluding hydrogens is 467 g/mol. The highest BCUT2D eigenvalue weighted by atomic mass is 19.1. The second-order valence-corrected chi connectivity index (χ2v) is 9.62. The van der Waals surface area contributed by atoms with Gasteiger partial charge in [0.2, 0.25) is 11.8 Å². The average Bonchev–Trinajstić information content (AvgIpc) is 3.33. The molecule has 0 saturated carbocycles. The Hall–Kier alpha value is -3.21. The molecule has 36 heavy (non-hydrogen) atoms.